The van der Waals surface area contributed by atoms with E-state index < -0.39 is 4.92 Å². The third-order valence-corrected chi connectivity index (χ3v) is 2.51. The number of amides is 1. The van der Waals surface area contributed by atoms with Crippen LogP contribution in [0.4, 0.5) is 11.5 Å². The van der Waals surface area contributed by atoms with Gasteiger partial charge in [-0.15, -0.1) is 0 Å². The van der Waals surface area contributed by atoms with E-state index in [4.69, 9.17) is 4.74 Å². The van der Waals surface area contributed by atoms with Crippen molar-refractivity contribution in [3.8, 4) is 0 Å². The lowest BCUT2D eigenvalue weighted by molar-refractivity contribution is -0.384. The molecule has 2 N–H and O–H groups in total. The Balaban J connectivity index is 2.57. The number of halogens is 1. The van der Waals surface area contributed by atoms with Gasteiger partial charge in [0.2, 0.25) is 11.7 Å². The van der Waals surface area contributed by atoms with Crippen LogP contribution in [0.2, 0.25) is 0 Å². The summed E-state index contributed by atoms with van der Waals surface area (Å²) in [4.78, 5) is 25.5. The summed E-state index contributed by atoms with van der Waals surface area (Å²) in [6.07, 6.45) is 1.41. The second kappa shape index (κ2) is 7.64. The highest BCUT2D eigenvalue weighted by molar-refractivity contribution is 9.10. The monoisotopic (exact) mass is 332 g/mol. The molecule has 0 saturated carbocycles. The lowest BCUT2D eigenvalue weighted by Crippen LogP contribution is -2.32. The molecular formula is C10H13BrN4O4. The maximum absolute atomic E-state index is 11.4. The van der Waals surface area contributed by atoms with E-state index in [0.717, 1.165) is 0 Å². The topological polar surface area (TPSA) is 106 Å². The first-order valence-corrected chi connectivity index (χ1v) is 6.13. The summed E-state index contributed by atoms with van der Waals surface area (Å²) in [5.74, 6) is -0.244. The van der Waals surface area contributed by atoms with E-state index in [-0.39, 0.29) is 24.0 Å². The number of nitro groups is 1. The first-order chi connectivity index (χ1) is 9.04. The Hall–Kier alpha value is -1.74. The third kappa shape index (κ3) is 5.18. The van der Waals surface area contributed by atoms with Crippen LogP contribution in [-0.2, 0) is 9.53 Å². The van der Waals surface area contributed by atoms with Gasteiger partial charge in [0.1, 0.15) is 0 Å². The van der Waals surface area contributed by atoms with Crippen LogP contribution in [0.1, 0.15) is 0 Å². The molecule has 9 heteroatoms. The summed E-state index contributed by atoms with van der Waals surface area (Å²) in [7, 11) is 1.53. The number of methoxy groups -OCH3 is 1. The molecule has 0 aliphatic rings. The molecule has 0 atom stereocenters. The van der Waals surface area contributed by atoms with E-state index in [1.54, 1.807) is 0 Å². The molecule has 0 aromatic carbocycles. The fourth-order valence-electron chi connectivity index (χ4n) is 1.22. The molecule has 0 aliphatic carbocycles. The normalized spacial score (nSPS) is 10.0. The van der Waals surface area contributed by atoms with Gasteiger partial charge in [-0.25, -0.2) is 4.98 Å². The molecule has 0 spiro atoms. The highest BCUT2D eigenvalue weighted by Crippen LogP contribution is 2.24. The average molecular weight is 333 g/mol. The molecule has 0 saturated heterocycles. The fraction of sp³-hybridized carbons (Fsp3) is 0.400. The van der Waals surface area contributed by atoms with E-state index in [9.17, 15) is 14.9 Å². The molecule has 1 heterocycles. The minimum atomic E-state index is -0.567. The van der Waals surface area contributed by atoms with E-state index in [2.05, 4.69) is 31.5 Å². The van der Waals surface area contributed by atoms with Crippen molar-refractivity contribution in [1.82, 2.24) is 10.3 Å². The number of rotatable bonds is 7. The second-order valence-corrected chi connectivity index (χ2v) is 4.39. The van der Waals surface area contributed by atoms with Gasteiger partial charge >= 0.3 is 5.69 Å². The fourth-order valence-corrected chi connectivity index (χ4v) is 1.54. The van der Waals surface area contributed by atoms with Crippen molar-refractivity contribution < 1.29 is 14.5 Å². The Bertz CT molecular complexity index is 469. The van der Waals surface area contributed by atoms with Gasteiger partial charge in [0.15, 0.2) is 0 Å². The zero-order chi connectivity index (χ0) is 14.3. The van der Waals surface area contributed by atoms with E-state index >= 15 is 0 Å². The molecule has 0 aliphatic heterocycles. The van der Waals surface area contributed by atoms with Crippen molar-refractivity contribution in [3.63, 3.8) is 0 Å². The lowest BCUT2D eigenvalue weighted by Gasteiger charge is -2.07. The predicted octanol–water partition coefficient (Wildman–Crippen LogP) is 0.927. The molecule has 1 amide bonds. The lowest BCUT2D eigenvalue weighted by atomic mass is 10.4. The smallest absolute Gasteiger partial charge is 0.312 e. The average Bonchev–Trinajstić information content (AvgIpc) is 2.37. The molecule has 0 unspecified atom stereocenters. The molecule has 1 aromatic rings. The molecule has 1 rings (SSSR count). The molecule has 0 radical (unpaired) electrons. The molecule has 104 valence electrons. The van der Waals surface area contributed by atoms with Gasteiger partial charge in [-0.3, -0.25) is 14.9 Å². The summed E-state index contributed by atoms with van der Waals surface area (Å²) >= 11 is 3.10. The molecule has 0 fully saturated rings. The van der Waals surface area contributed by atoms with Gasteiger partial charge in [0.25, 0.3) is 0 Å². The number of hydrogen-bond acceptors (Lipinski definition) is 6. The Kier molecular flexibility index (Phi) is 6.16. The van der Waals surface area contributed by atoms with Crippen LogP contribution in [-0.4, -0.2) is 42.6 Å². The number of carbonyl (C=O) groups is 1. The first kappa shape index (κ1) is 15.3. The number of aromatic nitrogens is 1. The number of hydrogen-bond donors (Lipinski definition) is 2. The van der Waals surface area contributed by atoms with Crippen LogP contribution in [0.5, 0.6) is 0 Å². The number of nitrogens with zero attached hydrogens (tertiary/aromatic N) is 2. The second-order valence-electron chi connectivity index (χ2n) is 3.47. The third-order valence-electron chi connectivity index (χ3n) is 2.08. The maximum Gasteiger partial charge on any atom is 0.312 e. The Morgan fingerprint density at radius 2 is 2.37 bits per heavy atom. The highest BCUT2D eigenvalue weighted by atomic mass is 79.9. The standard InChI is InChI=1S/C10H13BrN4O4/c1-19-3-2-12-9(16)6-14-10-8(15(17)18)4-7(11)5-13-10/h4-5H,2-3,6H2,1H3,(H,12,16)(H,13,14). The van der Waals surface area contributed by atoms with Gasteiger partial charge in [-0.05, 0) is 15.9 Å². The molecule has 1 aromatic heterocycles. The summed E-state index contributed by atoms with van der Waals surface area (Å²) in [5.41, 5.74) is -0.195. The quantitative estimate of drug-likeness (QED) is 0.437. The number of anilines is 1. The van der Waals surface area contributed by atoms with Gasteiger partial charge in [-0.2, -0.15) is 0 Å². The summed E-state index contributed by atoms with van der Waals surface area (Å²) < 4.78 is 5.27. The summed E-state index contributed by atoms with van der Waals surface area (Å²) in [6, 6.07) is 1.32. The number of carbonyl (C=O) groups excluding carboxylic acids is 1. The Labute approximate surface area is 117 Å². The van der Waals surface area contributed by atoms with Crippen molar-refractivity contribution in [1.29, 1.82) is 0 Å². The zero-order valence-electron chi connectivity index (χ0n) is 10.2. The van der Waals surface area contributed by atoms with Gasteiger partial charge in [-0.1, -0.05) is 0 Å². The minimum absolute atomic E-state index is 0.0510. The number of ether oxygens (including phenoxy) is 1. The van der Waals surface area contributed by atoms with Crippen LogP contribution in [0.3, 0.4) is 0 Å². The van der Waals surface area contributed by atoms with Gasteiger partial charge in [0.05, 0.1) is 18.1 Å². The van der Waals surface area contributed by atoms with E-state index in [1.165, 1.54) is 19.4 Å². The number of pyridine rings is 1. The molecular weight excluding hydrogens is 320 g/mol. The van der Waals surface area contributed by atoms with Crippen LogP contribution in [0.15, 0.2) is 16.7 Å². The SMILES string of the molecule is COCCNC(=O)CNc1ncc(Br)cc1[N+](=O)[O-]. The minimum Gasteiger partial charge on any atom is -0.383 e. The predicted molar refractivity (Wildman–Crippen MR) is 72.0 cm³/mol. The molecule has 8 nitrogen and oxygen atoms in total. The van der Waals surface area contributed by atoms with Crippen LogP contribution >= 0.6 is 15.9 Å². The molecule has 19 heavy (non-hydrogen) atoms. The van der Waals surface area contributed by atoms with Crippen molar-refractivity contribution in [2.24, 2.45) is 0 Å². The van der Waals surface area contributed by atoms with Crippen molar-refractivity contribution in [3.05, 3.63) is 26.9 Å². The van der Waals surface area contributed by atoms with Crippen molar-refractivity contribution >= 4 is 33.3 Å². The Morgan fingerprint density at radius 3 is 3.00 bits per heavy atom. The maximum atomic E-state index is 11.4. The van der Waals surface area contributed by atoms with E-state index in [0.29, 0.717) is 17.6 Å². The van der Waals surface area contributed by atoms with Crippen LogP contribution in [0, 0.1) is 10.1 Å². The summed E-state index contributed by atoms with van der Waals surface area (Å²) in [5, 5.41) is 16.0. The highest BCUT2D eigenvalue weighted by Gasteiger charge is 2.16. The van der Waals surface area contributed by atoms with Gasteiger partial charge in [0, 0.05) is 30.4 Å². The number of nitrogens with one attached hydrogen (secondary N) is 2. The van der Waals surface area contributed by atoms with Crippen LogP contribution in [0.25, 0.3) is 0 Å². The first-order valence-electron chi connectivity index (χ1n) is 5.34. The van der Waals surface area contributed by atoms with Crippen molar-refractivity contribution in [2.45, 2.75) is 0 Å². The van der Waals surface area contributed by atoms with Crippen LogP contribution < -0.4 is 10.6 Å². The molecule has 0 bridgehead atoms. The Morgan fingerprint density at radius 1 is 1.63 bits per heavy atom. The van der Waals surface area contributed by atoms with Crippen molar-refractivity contribution in [2.75, 3.05) is 32.1 Å². The largest absolute Gasteiger partial charge is 0.383 e. The van der Waals surface area contributed by atoms with Gasteiger partial charge < -0.3 is 15.4 Å². The zero-order valence-corrected chi connectivity index (χ0v) is 11.8. The van der Waals surface area contributed by atoms with E-state index in [1.807, 2.05) is 0 Å². The summed E-state index contributed by atoms with van der Waals surface area (Å²) in [6.45, 7) is 0.689.